The van der Waals surface area contributed by atoms with Crippen LogP contribution in [0.25, 0.3) is 0 Å². The predicted octanol–water partition coefficient (Wildman–Crippen LogP) is 1.32. The number of carbonyl (C=O) groups is 2. The molecule has 0 spiro atoms. The molecular weight excluding hydrogens is 250 g/mol. The minimum Gasteiger partial charge on any atom is -0.477 e. The quantitative estimate of drug-likeness (QED) is 0.762. The molecule has 2 aliphatic rings. The highest BCUT2D eigenvalue weighted by Gasteiger charge is 2.53. The van der Waals surface area contributed by atoms with Gasteiger partial charge in [-0.1, -0.05) is 22.9 Å². The molecule has 76 valence electrons. The van der Waals surface area contributed by atoms with Gasteiger partial charge in [-0.05, 0) is 6.42 Å². The number of fused-ring (bicyclic) bond motifs is 1. The van der Waals surface area contributed by atoms with Crippen LogP contribution in [0.4, 0.5) is 0 Å². The number of carboxylic acids is 1. The first-order chi connectivity index (χ1) is 6.57. The average molecular weight is 260 g/mol. The summed E-state index contributed by atoms with van der Waals surface area (Å²) in [5.74, 6) is -1.06. The van der Waals surface area contributed by atoms with E-state index in [0.717, 1.165) is 6.42 Å². The van der Waals surface area contributed by atoms with Crippen molar-refractivity contribution in [3.63, 3.8) is 0 Å². The first-order valence-electron chi connectivity index (χ1n) is 4.53. The Labute approximate surface area is 89.7 Å². The zero-order chi connectivity index (χ0) is 10.5. The maximum absolute atomic E-state index is 11.5. The number of hydrogen-bond acceptors (Lipinski definition) is 2. The normalized spacial score (nSPS) is 30.4. The summed E-state index contributed by atoms with van der Waals surface area (Å²) in [6.07, 6.45) is 1.43. The summed E-state index contributed by atoms with van der Waals surface area (Å²) in [7, 11) is 0. The molecule has 0 aromatic rings. The van der Waals surface area contributed by atoms with Crippen LogP contribution in [0, 0.1) is 5.92 Å². The molecule has 0 aromatic heterocycles. The molecule has 14 heavy (non-hydrogen) atoms. The zero-order valence-corrected chi connectivity index (χ0v) is 9.24. The Morgan fingerprint density at radius 3 is 2.86 bits per heavy atom. The summed E-state index contributed by atoms with van der Waals surface area (Å²) in [4.78, 5) is 23.8. The molecule has 1 amide bonds. The second kappa shape index (κ2) is 3.08. The van der Waals surface area contributed by atoms with Crippen molar-refractivity contribution < 1.29 is 14.7 Å². The fraction of sp³-hybridized carbons (Fsp3) is 0.556. The molecule has 0 bridgehead atoms. The van der Waals surface area contributed by atoms with Gasteiger partial charge < -0.3 is 10.0 Å². The van der Waals surface area contributed by atoms with Gasteiger partial charge in [-0.3, -0.25) is 4.79 Å². The highest BCUT2D eigenvalue weighted by molar-refractivity contribution is 9.11. The molecule has 1 fully saturated rings. The van der Waals surface area contributed by atoms with Gasteiger partial charge in [0.2, 0.25) is 5.91 Å². The van der Waals surface area contributed by atoms with Gasteiger partial charge in [-0.25, -0.2) is 4.79 Å². The zero-order valence-electron chi connectivity index (χ0n) is 7.66. The molecule has 2 heterocycles. The van der Waals surface area contributed by atoms with Crippen LogP contribution < -0.4 is 0 Å². The molecule has 0 radical (unpaired) electrons. The van der Waals surface area contributed by atoms with E-state index in [-0.39, 0.29) is 23.6 Å². The lowest BCUT2D eigenvalue weighted by Gasteiger charge is -2.42. The van der Waals surface area contributed by atoms with Crippen molar-refractivity contribution >= 4 is 27.8 Å². The van der Waals surface area contributed by atoms with Crippen molar-refractivity contribution in [3.05, 3.63) is 10.2 Å². The third-order valence-corrected chi connectivity index (χ3v) is 3.58. The second-order valence-electron chi connectivity index (χ2n) is 3.55. The van der Waals surface area contributed by atoms with Crippen LogP contribution in [0.2, 0.25) is 0 Å². The number of nitrogens with zero attached hydrogens (tertiary/aromatic N) is 1. The Kier molecular flexibility index (Phi) is 2.14. The summed E-state index contributed by atoms with van der Waals surface area (Å²) < 4.78 is 0.638. The smallest absolute Gasteiger partial charge is 0.353 e. The van der Waals surface area contributed by atoms with E-state index >= 15 is 0 Å². The van der Waals surface area contributed by atoms with Crippen LogP contribution in [0.15, 0.2) is 10.2 Å². The van der Waals surface area contributed by atoms with Gasteiger partial charge >= 0.3 is 5.97 Å². The number of rotatable bonds is 2. The number of β-lactam (4-membered cyclic amide) rings is 1. The molecule has 4 nitrogen and oxygen atoms in total. The van der Waals surface area contributed by atoms with Crippen LogP contribution in [0.5, 0.6) is 0 Å². The van der Waals surface area contributed by atoms with E-state index < -0.39 is 5.97 Å². The van der Waals surface area contributed by atoms with Gasteiger partial charge in [-0.2, -0.15) is 0 Å². The number of carboxylic acid groups (broad SMARTS) is 1. The van der Waals surface area contributed by atoms with Crippen LogP contribution in [-0.2, 0) is 9.59 Å². The van der Waals surface area contributed by atoms with Crippen molar-refractivity contribution in [1.82, 2.24) is 4.90 Å². The Morgan fingerprint density at radius 2 is 2.36 bits per heavy atom. The first-order valence-corrected chi connectivity index (χ1v) is 5.32. The molecule has 2 rings (SSSR count). The molecule has 0 aromatic carbocycles. The van der Waals surface area contributed by atoms with Gasteiger partial charge in [0.15, 0.2) is 0 Å². The summed E-state index contributed by atoms with van der Waals surface area (Å²) in [6, 6.07) is 0.0768. The van der Waals surface area contributed by atoms with Crippen LogP contribution >= 0.6 is 15.9 Å². The van der Waals surface area contributed by atoms with E-state index in [1.165, 1.54) is 4.90 Å². The van der Waals surface area contributed by atoms with Crippen molar-refractivity contribution in [2.75, 3.05) is 0 Å². The first kappa shape index (κ1) is 9.71. The number of carbonyl (C=O) groups excluding carboxylic acids is 1. The van der Waals surface area contributed by atoms with Crippen LogP contribution in [-0.4, -0.2) is 27.9 Å². The average Bonchev–Trinajstić information content (AvgIpc) is 2.40. The highest BCUT2D eigenvalue weighted by atomic mass is 79.9. The maximum atomic E-state index is 11.5. The predicted molar refractivity (Wildman–Crippen MR) is 52.6 cm³/mol. The molecule has 2 aliphatic heterocycles. The lowest BCUT2D eigenvalue weighted by atomic mass is 9.85. The Hall–Kier alpha value is -0.840. The second-order valence-corrected chi connectivity index (χ2v) is 4.51. The number of hydrogen-bond donors (Lipinski definition) is 1. The lowest BCUT2D eigenvalue weighted by molar-refractivity contribution is -0.155. The molecule has 5 heteroatoms. The summed E-state index contributed by atoms with van der Waals surface area (Å²) in [5.41, 5.74) is 0.129. The Balaban J connectivity index is 2.27. The van der Waals surface area contributed by atoms with E-state index in [0.29, 0.717) is 10.9 Å². The standard InChI is InChI=1S/C9H10BrNO3/c1-2-4-6-3-5(10)7(9(13)14)11(6)8(4)12/h4,6H,2-3H2,1H3,(H,13,14). The number of amides is 1. The van der Waals surface area contributed by atoms with Crippen molar-refractivity contribution in [3.8, 4) is 0 Å². The summed E-state index contributed by atoms with van der Waals surface area (Å²) in [6.45, 7) is 1.95. The van der Waals surface area contributed by atoms with Crippen LogP contribution in [0.1, 0.15) is 19.8 Å². The van der Waals surface area contributed by atoms with E-state index in [9.17, 15) is 9.59 Å². The fourth-order valence-electron chi connectivity index (χ4n) is 2.19. The third kappa shape index (κ3) is 1.05. The van der Waals surface area contributed by atoms with E-state index in [2.05, 4.69) is 15.9 Å². The highest BCUT2D eigenvalue weighted by Crippen LogP contribution is 2.45. The minimum absolute atomic E-state index is 0.0133. The third-order valence-electron chi connectivity index (χ3n) is 2.88. The number of halogens is 1. The molecule has 2 unspecified atom stereocenters. The van der Waals surface area contributed by atoms with E-state index in [4.69, 9.17) is 5.11 Å². The fourth-order valence-corrected chi connectivity index (χ4v) is 2.88. The molecular formula is C9H10BrNO3. The number of aliphatic carboxylic acids is 1. The van der Waals surface area contributed by atoms with Crippen molar-refractivity contribution in [2.24, 2.45) is 5.92 Å². The summed E-state index contributed by atoms with van der Waals surface area (Å²) in [5, 5.41) is 8.90. The van der Waals surface area contributed by atoms with Crippen molar-refractivity contribution in [1.29, 1.82) is 0 Å². The molecule has 2 atom stereocenters. The maximum Gasteiger partial charge on any atom is 0.353 e. The van der Waals surface area contributed by atoms with Gasteiger partial charge in [0.05, 0.1) is 12.0 Å². The van der Waals surface area contributed by atoms with E-state index in [1.807, 2.05) is 6.92 Å². The molecule has 1 N–H and O–H groups in total. The minimum atomic E-state index is -1.03. The van der Waals surface area contributed by atoms with Gasteiger partial charge in [0, 0.05) is 10.9 Å². The topological polar surface area (TPSA) is 57.6 Å². The van der Waals surface area contributed by atoms with Crippen LogP contribution in [0.3, 0.4) is 0 Å². The van der Waals surface area contributed by atoms with Gasteiger partial charge in [-0.15, -0.1) is 0 Å². The van der Waals surface area contributed by atoms with E-state index in [1.54, 1.807) is 0 Å². The molecule has 0 saturated carbocycles. The molecule has 1 saturated heterocycles. The SMILES string of the molecule is CCC1C(=O)N2C(C(=O)O)=C(Br)CC12. The Bertz CT molecular complexity index is 350. The van der Waals surface area contributed by atoms with Crippen molar-refractivity contribution in [2.45, 2.75) is 25.8 Å². The Morgan fingerprint density at radius 1 is 1.71 bits per heavy atom. The largest absolute Gasteiger partial charge is 0.477 e. The monoisotopic (exact) mass is 259 g/mol. The van der Waals surface area contributed by atoms with Gasteiger partial charge in [0.25, 0.3) is 0 Å². The molecule has 0 aliphatic carbocycles. The lowest BCUT2D eigenvalue weighted by Crippen LogP contribution is -2.58. The summed E-state index contributed by atoms with van der Waals surface area (Å²) >= 11 is 3.22. The van der Waals surface area contributed by atoms with Gasteiger partial charge in [0.1, 0.15) is 5.70 Å².